The molecule has 0 atom stereocenters. The van der Waals surface area contributed by atoms with Crippen molar-refractivity contribution in [3.8, 4) is 5.88 Å². The molecule has 2 heterocycles. The number of hydrogen-bond donors (Lipinski definition) is 3. The number of nitrogens with one attached hydrogen (secondary N) is 1. The lowest BCUT2D eigenvalue weighted by Gasteiger charge is -2.07. The number of H-pyrrole nitrogens is 1. The van der Waals surface area contributed by atoms with E-state index in [0.29, 0.717) is 42.2 Å². The lowest BCUT2D eigenvalue weighted by atomic mass is 10.0. The van der Waals surface area contributed by atoms with E-state index in [4.69, 9.17) is 10.5 Å². The smallest absolute Gasteiger partial charge is 0.245 e. The lowest BCUT2D eigenvalue weighted by Crippen LogP contribution is -2.03. The Morgan fingerprint density at radius 1 is 1.16 bits per heavy atom. The van der Waals surface area contributed by atoms with Gasteiger partial charge in [0.1, 0.15) is 17.9 Å². The second kappa shape index (κ2) is 7.98. The van der Waals surface area contributed by atoms with Gasteiger partial charge in [-0.15, -0.1) is 0 Å². The van der Waals surface area contributed by atoms with Crippen molar-refractivity contribution in [2.45, 2.75) is 25.9 Å². The Kier molecular flexibility index (Phi) is 5.49. The van der Waals surface area contributed by atoms with Crippen LogP contribution in [0.15, 0.2) is 30.6 Å². The SMILES string of the molecule is Nc1nc(OCc2ccc(CCC(=O)CCS)cc2)c2[nH]cnc2n1. The van der Waals surface area contributed by atoms with Crippen molar-refractivity contribution in [1.82, 2.24) is 19.9 Å². The molecule has 8 heteroatoms. The van der Waals surface area contributed by atoms with Crippen LogP contribution in [0.2, 0.25) is 0 Å². The molecule has 0 saturated carbocycles. The summed E-state index contributed by atoms with van der Waals surface area (Å²) in [7, 11) is 0. The van der Waals surface area contributed by atoms with Crippen LogP contribution < -0.4 is 10.5 Å². The highest BCUT2D eigenvalue weighted by molar-refractivity contribution is 7.80. The summed E-state index contributed by atoms with van der Waals surface area (Å²) >= 11 is 4.07. The number of nitrogens with two attached hydrogens (primary N) is 1. The maximum Gasteiger partial charge on any atom is 0.245 e. The first-order chi connectivity index (χ1) is 12.2. The number of aromatic amines is 1. The molecule has 0 unspecified atom stereocenters. The van der Waals surface area contributed by atoms with Gasteiger partial charge in [0.15, 0.2) is 5.65 Å². The number of anilines is 1. The van der Waals surface area contributed by atoms with E-state index in [9.17, 15) is 4.79 Å². The van der Waals surface area contributed by atoms with Gasteiger partial charge in [0.25, 0.3) is 0 Å². The molecular weight excluding hydrogens is 338 g/mol. The van der Waals surface area contributed by atoms with Gasteiger partial charge in [-0.2, -0.15) is 22.6 Å². The van der Waals surface area contributed by atoms with Gasteiger partial charge in [0, 0.05) is 12.8 Å². The zero-order chi connectivity index (χ0) is 17.6. The van der Waals surface area contributed by atoms with Gasteiger partial charge < -0.3 is 15.5 Å². The predicted octanol–water partition coefficient (Wildman–Crippen LogP) is 2.34. The van der Waals surface area contributed by atoms with Gasteiger partial charge in [-0.25, -0.2) is 4.98 Å². The summed E-state index contributed by atoms with van der Waals surface area (Å²) in [6, 6.07) is 7.97. The number of ether oxygens (including phenoxy) is 1. The van der Waals surface area contributed by atoms with Gasteiger partial charge in [0.05, 0.1) is 6.33 Å². The number of imidazole rings is 1. The second-order valence-corrected chi connectivity index (χ2v) is 6.05. The van der Waals surface area contributed by atoms with Crippen molar-refractivity contribution >= 4 is 35.5 Å². The van der Waals surface area contributed by atoms with E-state index < -0.39 is 0 Å². The van der Waals surface area contributed by atoms with Crippen LogP contribution >= 0.6 is 12.6 Å². The monoisotopic (exact) mass is 357 g/mol. The number of nitrogen functional groups attached to an aromatic ring is 1. The van der Waals surface area contributed by atoms with E-state index in [1.54, 1.807) is 0 Å². The van der Waals surface area contributed by atoms with E-state index >= 15 is 0 Å². The minimum Gasteiger partial charge on any atom is -0.471 e. The van der Waals surface area contributed by atoms with Crippen LogP contribution in [0, 0.1) is 0 Å². The van der Waals surface area contributed by atoms with Crippen LogP contribution in [0.1, 0.15) is 24.0 Å². The molecular formula is C17H19N5O2S. The first-order valence-electron chi connectivity index (χ1n) is 7.95. The number of nitrogens with zero attached hydrogens (tertiary/aromatic N) is 3. The van der Waals surface area contributed by atoms with Crippen molar-refractivity contribution in [2.75, 3.05) is 11.5 Å². The third kappa shape index (κ3) is 4.48. The van der Waals surface area contributed by atoms with E-state index in [2.05, 4.69) is 32.6 Å². The highest BCUT2D eigenvalue weighted by Gasteiger charge is 2.10. The van der Waals surface area contributed by atoms with Crippen LogP contribution in [0.5, 0.6) is 5.88 Å². The van der Waals surface area contributed by atoms with Crippen molar-refractivity contribution in [1.29, 1.82) is 0 Å². The Hall–Kier alpha value is -2.61. The average Bonchev–Trinajstić information content (AvgIpc) is 3.07. The average molecular weight is 357 g/mol. The summed E-state index contributed by atoms with van der Waals surface area (Å²) in [4.78, 5) is 26.7. The fourth-order valence-corrected chi connectivity index (χ4v) is 2.66. The van der Waals surface area contributed by atoms with Crippen molar-refractivity contribution in [3.63, 3.8) is 0 Å². The summed E-state index contributed by atoms with van der Waals surface area (Å²) in [6.45, 7) is 0.351. The van der Waals surface area contributed by atoms with E-state index in [-0.39, 0.29) is 11.7 Å². The van der Waals surface area contributed by atoms with Gasteiger partial charge in [-0.3, -0.25) is 4.79 Å². The van der Waals surface area contributed by atoms with Crippen molar-refractivity contribution < 1.29 is 9.53 Å². The molecule has 3 rings (SSSR count). The summed E-state index contributed by atoms with van der Waals surface area (Å²) in [5.41, 5.74) is 8.88. The highest BCUT2D eigenvalue weighted by atomic mass is 32.1. The summed E-state index contributed by atoms with van der Waals surface area (Å²) in [5.74, 6) is 1.34. The second-order valence-electron chi connectivity index (χ2n) is 5.61. The van der Waals surface area contributed by atoms with Gasteiger partial charge >= 0.3 is 0 Å². The van der Waals surface area contributed by atoms with Crippen LogP contribution in [0.3, 0.4) is 0 Å². The molecule has 0 aliphatic heterocycles. The number of benzene rings is 1. The maximum atomic E-state index is 11.6. The van der Waals surface area contributed by atoms with Crippen molar-refractivity contribution in [3.05, 3.63) is 41.7 Å². The molecule has 0 aliphatic rings. The number of aryl methyl sites for hydroxylation is 1. The molecule has 0 fully saturated rings. The molecule has 0 saturated heterocycles. The number of aromatic nitrogens is 4. The third-order valence-electron chi connectivity index (χ3n) is 3.75. The third-order valence-corrected chi connectivity index (χ3v) is 3.98. The van der Waals surface area contributed by atoms with Crippen LogP contribution in [-0.4, -0.2) is 31.5 Å². The van der Waals surface area contributed by atoms with Crippen LogP contribution in [-0.2, 0) is 17.8 Å². The topological polar surface area (TPSA) is 107 Å². The zero-order valence-corrected chi connectivity index (χ0v) is 14.5. The number of carbonyl (C=O) groups is 1. The minimum absolute atomic E-state index is 0.121. The number of fused-ring (bicyclic) bond motifs is 1. The molecule has 25 heavy (non-hydrogen) atoms. The quantitative estimate of drug-likeness (QED) is 0.534. The van der Waals surface area contributed by atoms with Crippen LogP contribution in [0.25, 0.3) is 11.2 Å². The number of ketones is 1. The normalized spacial score (nSPS) is 10.9. The Labute approximate surface area is 150 Å². The molecule has 1 aromatic carbocycles. The molecule has 2 aromatic heterocycles. The van der Waals surface area contributed by atoms with Gasteiger partial charge in [-0.1, -0.05) is 24.3 Å². The summed E-state index contributed by atoms with van der Waals surface area (Å²) in [6.07, 6.45) is 3.34. The molecule has 7 nitrogen and oxygen atoms in total. The Balaban J connectivity index is 1.60. The van der Waals surface area contributed by atoms with Gasteiger partial charge in [0.2, 0.25) is 11.8 Å². The standard InChI is InChI=1S/C17H19N5O2S/c18-17-21-15-14(19-10-20-15)16(22-17)24-9-12-3-1-11(2-4-12)5-6-13(23)7-8-25/h1-4,10,25H,5-9H2,(H3,18,19,20,21,22). The number of hydrogen-bond acceptors (Lipinski definition) is 7. The highest BCUT2D eigenvalue weighted by Crippen LogP contribution is 2.21. The van der Waals surface area contributed by atoms with Gasteiger partial charge in [-0.05, 0) is 23.3 Å². The molecule has 0 aliphatic carbocycles. The molecule has 0 radical (unpaired) electrons. The summed E-state index contributed by atoms with van der Waals surface area (Å²) < 4.78 is 5.75. The first kappa shape index (κ1) is 17.2. The fraction of sp³-hybridized carbons (Fsp3) is 0.294. The predicted molar refractivity (Wildman–Crippen MR) is 98.7 cm³/mol. The number of rotatable bonds is 8. The van der Waals surface area contributed by atoms with E-state index in [1.807, 2.05) is 24.3 Å². The maximum absolute atomic E-state index is 11.6. The zero-order valence-electron chi connectivity index (χ0n) is 13.6. The Morgan fingerprint density at radius 2 is 1.92 bits per heavy atom. The van der Waals surface area contributed by atoms with E-state index in [0.717, 1.165) is 17.5 Å². The Morgan fingerprint density at radius 3 is 2.68 bits per heavy atom. The molecule has 0 amide bonds. The largest absolute Gasteiger partial charge is 0.471 e. The molecule has 130 valence electrons. The number of thiol groups is 1. The molecule has 3 aromatic rings. The number of carbonyl (C=O) groups excluding carboxylic acids is 1. The van der Waals surface area contributed by atoms with Crippen LogP contribution in [0.4, 0.5) is 5.95 Å². The first-order valence-corrected chi connectivity index (χ1v) is 8.58. The fourth-order valence-electron chi connectivity index (χ4n) is 2.41. The minimum atomic E-state index is 0.121. The Bertz CT molecular complexity index is 863. The molecule has 0 spiro atoms. The van der Waals surface area contributed by atoms with E-state index in [1.165, 1.54) is 6.33 Å². The lowest BCUT2D eigenvalue weighted by molar-refractivity contribution is -0.118. The summed E-state index contributed by atoms with van der Waals surface area (Å²) in [5, 5.41) is 0. The van der Waals surface area contributed by atoms with Crippen molar-refractivity contribution in [2.24, 2.45) is 0 Å². The number of Topliss-reactive ketones (excluding diaryl/α,β-unsaturated/α-hetero) is 1. The molecule has 0 bridgehead atoms. The molecule has 3 N–H and O–H groups in total.